The monoisotopic (exact) mass is 253 g/mol. The van der Waals surface area contributed by atoms with E-state index in [2.05, 4.69) is 22.4 Å². The van der Waals surface area contributed by atoms with Crippen LogP contribution >= 0.6 is 0 Å². The maximum Gasteiger partial charge on any atom is 0.233 e. The van der Waals surface area contributed by atoms with E-state index < -0.39 is 0 Å². The molecule has 0 radical (unpaired) electrons. The maximum absolute atomic E-state index is 5.56. The van der Waals surface area contributed by atoms with Crippen LogP contribution in [-0.4, -0.2) is 42.5 Å². The van der Waals surface area contributed by atoms with Crippen LogP contribution in [0.25, 0.3) is 0 Å². The zero-order valence-electron chi connectivity index (χ0n) is 10.6. The molecule has 6 heteroatoms. The SMILES string of the molecule is CCNC1COCC1c1nc(C2CCCO2)no1. The van der Waals surface area contributed by atoms with Crippen molar-refractivity contribution in [2.45, 2.75) is 37.8 Å². The zero-order valence-corrected chi connectivity index (χ0v) is 10.6. The number of ether oxygens (including phenoxy) is 2. The lowest BCUT2D eigenvalue weighted by Gasteiger charge is -2.14. The van der Waals surface area contributed by atoms with Gasteiger partial charge >= 0.3 is 0 Å². The Bertz CT molecular complexity index is 390. The van der Waals surface area contributed by atoms with E-state index in [9.17, 15) is 0 Å². The van der Waals surface area contributed by atoms with Gasteiger partial charge in [-0.05, 0) is 19.4 Å². The first-order chi connectivity index (χ1) is 8.88. The highest BCUT2D eigenvalue weighted by Crippen LogP contribution is 2.29. The van der Waals surface area contributed by atoms with Crippen molar-refractivity contribution >= 4 is 0 Å². The van der Waals surface area contributed by atoms with Gasteiger partial charge in [-0.3, -0.25) is 0 Å². The standard InChI is InChI=1S/C12H19N3O3/c1-2-13-9-7-16-6-8(9)12-14-11(15-18-12)10-4-3-5-17-10/h8-10,13H,2-7H2,1H3. The summed E-state index contributed by atoms with van der Waals surface area (Å²) >= 11 is 0. The van der Waals surface area contributed by atoms with Crippen molar-refractivity contribution in [1.29, 1.82) is 0 Å². The molecule has 1 aromatic rings. The van der Waals surface area contributed by atoms with Gasteiger partial charge in [-0.15, -0.1) is 0 Å². The van der Waals surface area contributed by atoms with E-state index in [0.29, 0.717) is 24.9 Å². The number of nitrogens with one attached hydrogen (secondary N) is 1. The predicted octanol–water partition coefficient (Wildman–Crippen LogP) is 1.01. The molecular formula is C12H19N3O3. The molecule has 0 aromatic carbocycles. The summed E-state index contributed by atoms with van der Waals surface area (Å²) in [7, 11) is 0. The van der Waals surface area contributed by atoms with Gasteiger partial charge in [0.2, 0.25) is 11.7 Å². The summed E-state index contributed by atoms with van der Waals surface area (Å²) in [5, 5.41) is 7.43. The smallest absolute Gasteiger partial charge is 0.233 e. The normalized spacial score (nSPS) is 32.2. The zero-order chi connectivity index (χ0) is 12.4. The molecule has 18 heavy (non-hydrogen) atoms. The first-order valence-corrected chi connectivity index (χ1v) is 6.64. The van der Waals surface area contributed by atoms with Crippen molar-refractivity contribution < 1.29 is 14.0 Å². The summed E-state index contributed by atoms with van der Waals surface area (Å²) < 4.78 is 16.4. The molecule has 2 aliphatic heterocycles. The Labute approximate surface area is 106 Å². The van der Waals surface area contributed by atoms with Crippen molar-refractivity contribution in [2.24, 2.45) is 0 Å². The van der Waals surface area contributed by atoms with Crippen LogP contribution in [0.3, 0.4) is 0 Å². The lowest BCUT2D eigenvalue weighted by Crippen LogP contribution is -2.34. The summed E-state index contributed by atoms with van der Waals surface area (Å²) in [6.07, 6.45) is 2.07. The van der Waals surface area contributed by atoms with E-state index in [4.69, 9.17) is 14.0 Å². The Balaban J connectivity index is 1.71. The highest BCUT2D eigenvalue weighted by atomic mass is 16.5. The number of hydrogen-bond acceptors (Lipinski definition) is 6. The van der Waals surface area contributed by atoms with Crippen LogP contribution in [0, 0.1) is 0 Å². The Kier molecular flexibility index (Phi) is 3.58. The number of nitrogens with zero attached hydrogens (tertiary/aromatic N) is 2. The van der Waals surface area contributed by atoms with Crippen LogP contribution in [0.15, 0.2) is 4.52 Å². The van der Waals surface area contributed by atoms with Gasteiger partial charge < -0.3 is 19.3 Å². The molecule has 1 aromatic heterocycles. The summed E-state index contributed by atoms with van der Waals surface area (Å²) in [6, 6.07) is 0.271. The van der Waals surface area contributed by atoms with Crippen LogP contribution in [0.5, 0.6) is 0 Å². The van der Waals surface area contributed by atoms with Gasteiger partial charge in [0.15, 0.2) is 0 Å². The van der Waals surface area contributed by atoms with Gasteiger partial charge in [0.1, 0.15) is 6.10 Å². The fraction of sp³-hybridized carbons (Fsp3) is 0.833. The van der Waals surface area contributed by atoms with Gasteiger partial charge in [-0.2, -0.15) is 4.98 Å². The molecule has 2 fully saturated rings. The van der Waals surface area contributed by atoms with Crippen LogP contribution in [-0.2, 0) is 9.47 Å². The molecule has 0 spiro atoms. The van der Waals surface area contributed by atoms with Crippen molar-refractivity contribution in [3.8, 4) is 0 Å². The fourth-order valence-corrected chi connectivity index (χ4v) is 2.57. The van der Waals surface area contributed by atoms with Gasteiger partial charge in [-0.25, -0.2) is 0 Å². The Morgan fingerprint density at radius 2 is 2.33 bits per heavy atom. The molecule has 0 bridgehead atoms. The molecule has 3 heterocycles. The van der Waals surface area contributed by atoms with Gasteiger partial charge in [-0.1, -0.05) is 12.1 Å². The number of rotatable bonds is 4. The second-order valence-corrected chi connectivity index (χ2v) is 4.80. The van der Waals surface area contributed by atoms with E-state index in [-0.39, 0.29) is 18.1 Å². The molecule has 0 aliphatic carbocycles. The maximum atomic E-state index is 5.56. The molecule has 3 unspecified atom stereocenters. The lowest BCUT2D eigenvalue weighted by molar-refractivity contribution is 0.103. The van der Waals surface area contributed by atoms with Crippen molar-refractivity contribution in [2.75, 3.05) is 26.4 Å². The van der Waals surface area contributed by atoms with Crippen LogP contribution in [0.1, 0.15) is 43.5 Å². The van der Waals surface area contributed by atoms with E-state index in [1.807, 2.05) is 0 Å². The van der Waals surface area contributed by atoms with E-state index >= 15 is 0 Å². The second-order valence-electron chi connectivity index (χ2n) is 4.80. The minimum Gasteiger partial charge on any atom is -0.379 e. The van der Waals surface area contributed by atoms with Crippen LogP contribution in [0.4, 0.5) is 0 Å². The molecule has 2 aliphatic rings. The molecule has 1 N–H and O–H groups in total. The highest BCUT2D eigenvalue weighted by molar-refractivity contribution is 5.04. The molecule has 6 nitrogen and oxygen atoms in total. The third-order valence-corrected chi connectivity index (χ3v) is 3.54. The van der Waals surface area contributed by atoms with Gasteiger partial charge in [0.25, 0.3) is 0 Å². The molecule has 0 saturated carbocycles. The average Bonchev–Trinajstić information content (AvgIpc) is 3.10. The van der Waals surface area contributed by atoms with Crippen molar-refractivity contribution in [3.63, 3.8) is 0 Å². The molecule has 3 rings (SSSR count). The van der Waals surface area contributed by atoms with Crippen LogP contribution in [0.2, 0.25) is 0 Å². The summed E-state index contributed by atoms with van der Waals surface area (Å²) in [6.45, 7) is 5.14. The summed E-state index contributed by atoms with van der Waals surface area (Å²) in [4.78, 5) is 4.48. The predicted molar refractivity (Wildman–Crippen MR) is 63.2 cm³/mol. The molecule has 0 amide bonds. The fourth-order valence-electron chi connectivity index (χ4n) is 2.57. The minimum absolute atomic E-state index is 0.0161. The van der Waals surface area contributed by atoms with E-state index in [0.717, 1.165) is 26.0 Å². The highest BCUT2D eigenvalue weighted by Gasteiger charge is 2.34. The number of hydrogen-bond donors (Lipinski definition) is 1. The summed E-state index contributed by atoms with van der Waals surface area (Å²) in [5.41, 5.74) is 0. The number of likely N-dealkylation sites (N-methyl/N-ethyl adjacent to an activating group) is 1. The Morgan fingerprint density at radius 3 is 3.11 bits per heavy atom. The number of aromatic nitrogens is 2. The first-order valence-electron chi connectivity index (χ1n) is 6.64. The summed E-state index contributed by atoms with van der Waals surface area (Å²) in [5.74, 6) is 1.52. The van der Waals surface area contributed by atoms with E-state index in [1.165, 1.54) is 0 Å². The average molecular weight is 253 g/mol. The lowest BCUT2D eigenvalue weighted by atomic mass is 10.0. The van der Waals surface area contributed by atoms with E-state index in [1.54, 1.807) is 0 Å². The molecular weight excluding hydrogens is 234 g/mol. The van der Waals surface area contributed by atoms with Crippen molar-refractivity contribution in [1.82, 2.24) is 15.5 Å². The molecule has 2 saturated heterocycles. The third kappa shape index (κ3) is 2.28. The third-order valence-electron chi connectivity index (χ3n) is 3.54. The Hall–Kier alpha value is -0.980. The largest absolute Gasteiger partial charge is 0.379 e. The van der Waals surface area contributed by atoms with Crippen molar-refractivity contribution in [3.05, 3.63) is 11.7 Å². The van der Waals surface area contributed by atoms with Gasteiger partial charge in [0, 0.05) is 12.6 Å². The topological polar surface area (TPSA) is 69.4 Å². The second kappa shape index (κ2) is 5.34. The quantitative estimate of drug-likeness (QED) is 0.863. The molecule has 100 valence electrons. The van der Waals surface area contributed by atoms with Crippen LogP contribution < -0.4 is 5.32 Å². The molecule has 3 atom stereocenters. The Morgan fingerprint density at radius 1 is 1.39 bits per heavy atom. The van der Waals surface area contributed by atoms with Gasteiger partial charge in [0.05, 0.1) is 19.1 Å². The minimum atomic E-state index is 0.0161. The first kappa shape index (κ1) is 12.1.